The number of benzene rings is 2. The van der Waals surface area contributed by atoms with Gasteiger partial charge in [0.15, 0.2) is 0 Å². The molecule has 2 N–H and O–H groups in total. The molecule has 0 bridgehead atoms. The number of aromatic amines is 1. The van der Waals surface area contributed by atoms with Gasteiger partial charge in [-0.15, -0.1) is 0 Å². The van der Waals surface area contributed by atoms with E-state index in [0.29, 0.717) is 24.1 Å². The van der Waals surface area contributed by atoms with Crippen molar-refractivity contribution in [2.75, 3.05) is 13.2 Å². The third-order valence-electron chi connectivity index (χ3n) is 4.58. The van der Waals surface area contributed by atoms with E-state index in [1.807, 2.05) is 56.3 Å². The molecule has 3 aromatic rings. The fourth-order valence-electron chi connectivity index (χ4n) is 3.17. The number of aliphatic hydroxyl groups is 1. The van der Waals surface area contributed by atoms with Crippen molar-refractivity contribution in [2.24, 2.45) is 0 Å². The Labute approximate surface area is 158 Å². The van der Waals surface area contributed by atoms with Crippen molar-refractivity contribution in [1.29, 1.82) is 0 Å². The summed E-state index contributed by atoms with van der Waals surface area (Å²) < 4.78 is 0. The molecule has 0 fully saturated rings. The quantitative estimate of drug-likeness (QED) is 0.706. The Morgan fingerprint density at radius 2 is 1.85 bits per heavy atom. The van der Waals surface area contributed by atoms with Crippen LogP contribution in [0.25, 0.3) is 10.9 Å². The van der Waals surface area contributed by atoms with E-state index in [0.717, 1.165) is 22.0 Å². The lowest BCUT2D eigenvalue weighted by molar-refractivity contribution is 0.0731. The molecule has 1 aromatic heterocycles. The van der Waals surface area contributed by atoms with Gasteiger partial charge in [0.1, 0.15) is 0 Å². The van der Waals surface area contributed by atoms with Gasteiger partial charge in [0.05, 0.1) is 6.54 Å². The Kier molecular flexibility index (Phi) is 5.72. The summed E-state index contributed by atoms with van der Waals surface area (Å²) in [4.78, 5) is 30.0. The largest absolute Gasteiger partial charge is 0.396 e. The van der Waals surface area contributed by atoms with Crippen LogP contribution in [-0.2, 0) is 6.54 Å². The Morgan fingerprint density at radius 1 is 1.07 bits per heavy atom. The predicted molar refractivity (Wildman–Crippen MR) is 107 cm³/mol. The second kappa shape index (κ2) is 8.18. The van der Waals surface area contributed by atoms with Crippen LogP contribution in [0.1, 0.15) is 33.5 Å². The SMILES string of the molecule is Cc1cccc(C(=O)N(CCCO)Cc2cc3cc(C)ccc3[nH]c2=O)c1. The van der Waals surface area contributed by atoms with Crippen molar-refractivity contribution in [3.8, 4) is 0 Å². The molecular formula is C22H24N2O3. The Morgan fingerprint density at radius 3 is 2.59 bits per heavy atom. The van der Waals surface area contributed by atoms with Crippen LogP contribution in [0.3, 0.4) is 0 Å². The number of carbonyl (C=O) groups is 1. The molecule has 0 aliphatic heterocycles. The zero-order valence-corrected chi connectivity index (χ0v) is 15.7. The minimum absolute atomic E-state index is 0.00906. The molecular weight excluding hydrogens is 340 g/mol. The topological polar surface area (TPSA) is 73.4 Å². The van der Waals surface area contributed by atoms with E-state index in [9.17, 15) is 14.7 Å². The number of aliphatic hydroxyl groups excluding tert-OH is 1. The number of hydrogen-bond acceptors (Lipinski definition) is 3. The van der Waals surface area contributed by atoms with Crippen LogP contribution in [0, 0.1) is 13.8 Å². The Hall–Kier alpha value is -2.92. The average molecular weight is 364 g/mol. The highest BCUT2D eigenvalue weighted by atomic mass is 16.3. The molecule has 0 aliphatic carbocycles. The summed E-state index contributed by atoms with van der Waals surface area (Å²) in [6.45, 7) is 4.51. The maximum Gasteiger partial charge on any atom is 0.254 e. The normalized spacial score (nSPS) is 10.9. The van der Waals surface area contributed by atoms with Gasteiger partial charge in [0.25, 0.3) is 11.5 Å². The second-order valence-electron chi connectivity index (χ2n) is 6.89. The first-order chi connectivity index (χ1) is 13.0. The van der Waals surface area contributed by atoms with Crippen molar-refractivity contribution in [2.45, 2.75) is 26.8 Å². The third-order valence-corrected chi connectivity index (χ3v) is 4.58. The number of fused-ring (bicyclic) bond motifs is 1. The number of hydrogen-bond donors (Lipinski definition) is 2. The number of carbonyl (C=O) groups excluding carboxylic acids is 1. The lowest BCUT2D eigenvalue weighted by Crippen LogP contribution is -2.34. The molecule has 140 valence electrons. The summed E-state index contributed by atoms with van der Waals surface area (Å²) in [6.07, 6.45) is 0.460. The molecule has 0 atom stereocenters. The first-order valence-corrected chi connectivity index (χ1v) is 9.07. The number of rotatable bonds is 6. The lowest BCUT2D eigenvalue weighted by Gasteiger charge is -2.22. The fraction of sp³-hybridized carbons (Fsp3) is 0.273. The molecule has 27 heavy (non-hydrogen) atoms. The van der Waals surface area contributed by atoms with Gasteiger partial charge in [-0.2, -0.15) is 0 Å². The fourth-order valence-corrected chi connectivity index (χ4v) is 3.17. The number of pyridine rings is 1. The van der Waals surface area contributed by atoms with Gasteiger partial charge in [-0.3, -0.25) is 9.59 Å². The molecule has 5 heteroatoms. The molecule has 0 aliphatic rings. The molecule has 0 saturated heterocycles. The van der Waals surface area contributed by atoms with Crippen LogP contribution in [0.2, 0.25) is 0 Å². The van der Waals surface area contributed by atoms with E-state index in [1.54, 1.807) is 11.0 Å². The van der Waals surface area contributed by atoms with Gasteiger partial charge in [-0.25, -0.2) is 0 Å². The molecule has 1 heterocycles. The van der Waals surface area contributed by atoms with Crippen LogP contribution in [0.4, 0.5) is 0 Å². The summed E-state index contributed by atoms with van der Waals surface area (Å²) in [6, 6.07) is 15.1. The number of nitrogens with zero attached hydrogens (tertiary/aromatic N) is 1. The number of aromatic nitrogens is 1. The predicted octanol–water partition coefficient (Wildman–Crippen LogP) is 3.17. The van der Waals surface area contributed by atoms with Crippen LogP contribution in [0.5, 0.6) is 0 Å². The molecule has 5 nitrogen and oxygen atoms in total. The number of amides is 1. The first-order valence-electron chi connectivity index (χ1n) is 9.07. The van der Waals surface area contributed by atoms with Crippen molar-refractivity contribution in [3.63, 3.8) is 0 Å². The first kappa shape index (κ1) is 18.9. The summed E-state index contributed by atoms with van der Waals surface area (Å²) >= 11 is 0. The summed E-state index contributed by atoms with van der Waals surface area (Å²) in [5, 5.41) is 10.1. The number of aryl methyl sites for hydroxylation is 2. The van der Waals surface area contributed by atoms with Gasteiger partial charge >= 0.3 is 0 Å². The minimum atomic E-state index is -0.197. The van der Waals surface area contributed by atoms with Crippen molar-refractivity contribution in [1.82, 2.24) is 9.88 Å². The van der Waals surface area contributed by atoms with E-state index in [4.69, 9.17) is 0 Å². The number of H-pyrrole nitrogens is 1. The zero-order chi connectivity index (χ0) is 19.4. The zero-order valence-electron chi connectivity index (χ0n) is 15.7. The molecule has 0 spiro atoms. The third kappa shape index (κ3) is 4.44. The van der Waals surface area contributed by atoms with Gasteiger partial charge in [0.2, 0.25) is 0 Å². The standard InChI is InChI=1S/C22H24N2O3/c1-15-5-3-6-17(11-15)22(27)24(9-4-10-25)14-19-13-18-12-16(2)7-8-20(18)23-21(19)26/h3,5-8,11-13,25H,4,9-10,14H2,1-2H3,(H,23,26). The van der Waals surface area contributed by atoms with Gasteiger partial charge in [-0.1, -0.05) is 29.3 Å². The molecule has 2 aromatic carbocycles. The van der Waals surface area contributed by atoms with E-state index in [-0.39, 0.29) is 24.6 Å². The van der Waals surface area contributed by atoms with Crippen molar-refractivity contribution in [3.05, 3.63) is 81.1 Å². The van der Waals surface area contributed by atoms with E-state index in [2.05, 4.69) is 4.98 Å². The van der Waals surface area contributed by atoms with Crippen LogP contribution < -0.4 is 5.56 Å². The van der Waals surface area contributed by atoms with Gasteiger partial charge in [-0.05, 0) is 56.0 Å². The van der Waals surface area contributed by atoms with E-state index in [1.165, 1.54) is 0 Å². The minimum Gasteiger partial charge on any atom is -0.396 e. The van der Waals surface area contributed by atoms with E-state index < -0.39 is 0 Å². The maximum atomic E-state index is 13.0. The highest BCUT2D eigenvalue weighted by molar-refractivity contribution is 5.94. The van der Waals surface area contributed by atoms with E-state index >= 15 is 0 Å². The Bertz CT molecular complexity index is 1020. The highest BCUT2D eigenvalue weighted by Gasteiger charge is 2.18. The maximum absolute atomic E-state index is 13.0. The molecule has 3 rings (SSSR count). The molecule has 1 amide bonds. The smallest absolute Gasteiger partial charge is 0.254 e. The average Bonchev–Trinajstić information content (AvgIpc) is 2.65. The summed E-state index contributed by atoms with van der Waals surface area (Å²) in [5.41, 5.74) is 3.81. The molecule has 0 unspecified atom stereocenters. The highest BCUT2D eigenvalue weighted by Crippen LogP contribution is 2.16. The summed E-state index contributed by atoms with van der Waals surface area (Å²) in [7, 11) is 0. The van der Waals surface area contributed by atoms with Crippen molar-refractivity contribution < 1.29 is 9.90 Å². The lowest BCUT2D eigenvalue weighted by atomic mass is 10.1. The van der Waals surface area contributed by atoms with Crippen LogP contribution in [0.15, 0.2) is 53.3 Å². The van der Waals surface area contributed by atoms with Crippen LogP contribution >= 0.6 is 0 Å². The van der Waals surface area contributed by atoms with Gasteiger partial charge < -0.3 is 15.0 Å². The van der Waals surface area contributed by atoms with Gasteiger partial charge in [0, 0.05) is 29.8 Å². The second-order valence-corrected chi connectivity index (χ2v) is 6.89. The summed E-state index contributed by atoms with van der Waals surface area (Å²) in [5.74, 6) is -0.143. The Balaban J connectivity index is 1.94. The monoisotopic (exact) mass is 364 g/mol. The van der Waals surface area contributed by atoms with Crippen molar-refractivity contribution >= 4 is 16.8 Å². The van der Waals surface area contributed by atoms with Crippen LogP contribution in [-0.4, -0.2) is 34.0 Å². The molecule has 0 radical (unpaired) electrons. The molecule has 0 saturated carbocycles. The number of nitrogens with one attached hydrogen (secondary N) is 1.